The molecule has 5 heteroatoms. The van der Waals surface area contributed by atoms with Gasteiger partial charge < -0.3 is 5.32 Å². The third kappa shape index (κ3) is 4.43. The van der Waals surface area contributed by atoms with E-state index < -0.39 is 10.0 Å². The highest BCUT2D eigenvalue weighted by Gasteiger charge is 2.30. The molecule has 0 aromatic rings. The van der Waals surface area contributed by atoms with Crippen molar-refractivity contribution < 1.29 is 8.42 Å². The molecule has 0 spiro atoms. The van der Waals surface area contributed by atoms with Gasteiger partial charge in [0.25, 0.3) is 0 Å². The summed E-state index contributed by atoms with van der Waals surface area (Å²) < 4.78 is 26.6. The number of rotatable bonds is 5. The highest BCUT2D eigenvalue weighted by molar-refractivity contribution is 7.89. The monoisotopic (exact) mass is 288 g/mol. The molecule has 112 valence electrons. The maximum absolute atomic E-state index is 12.4. The van der Waals surface area contributed by atoms with Gasteiger partial charge in [0.15, 0.2) is 0 Å². The van der Waals surface area contributed by atoms with E-state index in [1.807, 2.05) is 7.05 Å². The van der Waals surface area contributed by atoms with Crippen LogP contribution >= 0.6 is 0 Å². The van der Waals surface area contributed by atoms with E-state index in [0.29, 0.717) is 17.6 Å². The lowest BCUT2D eigenvalue weighted by Crippen LogP contribution is -2.42. The molecule has 1 N–H and O–H groups in total. The molecule has 0 unspecified atom stereocenters. The highest BCUT2D eigenvalue weighted by Crippen LogP contribution is 2.27. The van der Waals surface area contributed by atoms with Gasteiger partial charge in [-0.1, -0.05) is 19.3 Å². The van der Waals surface area contributed by atoms with Crippen LogP contribution in [0.25, 0.3) is 0 Å². The Morgan fingerprint density at radius 3 is 2.21 bits per heavy atom. The summed E-state index contributed by atoms with van der Waals surface area (Å²) >= 11 is 0. The van der Waals surface area contributed by atoms with E-state index in [9.17, 15) is 8.42 Å². The normalized spacial score (nSPS) is 24.7. The van der Waals surface area contributed by atoms with Gasteiger partial charge in [0, 0.05) is 13.1 Å². The minimum atomic E-state index is -3.01. The predicted molar refractivity (Wildman–Crippen MR) is 78.6 cm³/mol. The van der Waals surface area contributed by atoms with Crippen LogP contribution in [0.4, 0.5) is 0 Å². The molecule has 1 heterocycles. The Hall–Kier alpha value is -0.130. The maximum atomic E-state index is 12.4. The second-order valence-electron chi connectivity index (χ2n) is 6.18. The zero-order valence-corrected chi connectivity index (χ0v) is 12.9. The van der Waals surface area contributed by atoms with Crippen LogP contribution in [0.15, 0.2) is 0 Å². The summed E-state index contributed by atoms with van der Waals surface area (Å²) in [5.74, 6) is 1.45. The minimum absolute atomic E-state index is 0.393. The van der Waals surface area contributed by atoms with Crippen molar-refractivity contribution in [2.45, 2.75) is 44.9 Å². The molecule has 4 nitrogen and oxygen atoms in total. The third-order valence-corrected chi connectivity index (χ3v) is 6.68. The van der Waals surface area contributed by atoms with E-state index in [0.717, 1.165) is 45.3 Å². The summed E-state index contributed by atoms with van der Waals surface area (Å²) in [5, 5.41) is 3.19. The van der Waals surface area contributed by atoms with Crippen LogP contribution in [-0.2, 0) is 10.0 Å². The van der Waals surface area contributed by atoms with Crippen molar-refractivity contribution in [1.29, 1.82) is 0 Å². The Balaban J connectivity index is 1.83. The van der Waals surface area contributed by atoms with Crippen molar-refractivity contribution >= 4 is 10.0 Å². The zero-order chi connectivity index (χ0) is 13.7. The van der Waals surface area contributed by atoms with Gasteiger partial charge in [0.05, 0.1) is 5.75 Å². The molecule has 0 radical (unpaired) electrons. The minimum Gasteiger partial charge on any atom is -0.319 e. The Morgan fingerprint density at radius 2 is 1.63 bits per heavy atom. The van der Waals surface area contributed by atoms with Gasteiger partial charge in [-0.3, -0.25) is 0 Å². The number of sulfonamides is 1. The number of hydrogen-bond donors (Lipinski definition) is 1. The maximum Gasteiger partial charge on any atom is 0.214 e. The number of nitrogens with zero attached hydrogens (tertiary/aromatic N) is 1. The van der Waals surface area contributed by atoms with Crippen LogP contribution < -0.4 is 5.32 Å². The van der Waals surface area contributed by atoms with Crippen molar-refractivity contribution in [3.63, 3.8) is 0 Å². The number of piperidine rings is 1. The summed E-state index contributed by atoms with van der Waals surface area (Å²) in [6.07, 6.45) is 7.93. The van der Waals surface area contributed by atoms with E-state index in [-0.39, 0.29) is 0 Å². The molecule has 1 aliphatic heterocycles. The molecule has 0 aromatic carbocycles. The van der Waals surface area contributed by atoms with Crippen LogP contribution in [0.5, 0.6) is 0 Å². The average molecular weight is 288 g/mol. The van der Waals surface area contributed by atoms with Crippen molar-refractivity contribution in [3.05, 3.63) is 0 Å². The first-order valence-electron chi connectivity index (χ1n) is 7.74. The summed E-state index contributed by atoms with van der Waals surface area (Å²) in [4.78, 5) is 0. The van der Waals surface area contributed by atoms with Gasteiger partial charge in [-0.2, -0.15) is 0 Å². The lowest BCUT2D eigenvalue weighted by molar-refractivity contribution is 0.267. The first-order valence-corrected chi connectivity index (χ1v) is 9.35. The second kappa shape index (κ2) is 7.04. The summed E-state index contributed by atoms with van der Waals surface area (Å²) in [6.45, 7) is 2.46. The van der Waals surface area contributed by atoms with Crippen molar-refractivity contribution in [1.82, 2.24) is 9.62 Å². The standard InChI is InChI=1S/C14H28N2O2S/c1-15-11-13-7-9-16(10-8-13)19(17,18)12-14-5-3-2-4-6-14/h13-15H,2-12H2,1H3. The van der Waals surface area contributed by atoms with Crippen LogP contribution in [0.2, 0.25) is 0 Å². The first kappa shape index (κ1) is 15.3. The predicted octanol–water partition coefficient (Wildman–Crippen LogP) is 1.83. The zero-order valence-electron chi connectivity index (χ0n) is 12.1. The molecular formula is C14H28N2O2S. The van der Waals surface area contributed by atoms with Crippen LogP contribution in [0.1, 0.15) is 44.9 Å². The van der Waals surface area contributed by atoms with E-state index >= 15 is 0 Å². The van der Waals surface area contributed by atoms with Gasteiger partial charge in [0.2, 0.25) is 10.0 Å². The van der Waals surface area contributed by atoms with Gasteiger partial charge in [-0.15, -0.1) is 0 Å². The van der Waals surface area contributed by atoms with E-state index in [2.05, 4.69) is 5.32 Å². The van der Waals surface area contributed by atoms with Crippen LogP contribution in [-0.4, -0.2) is 45.2 Å². The third-order valence-electron chi connectivity index (χ3n) is 4.63. The molecule has 2 aliphatic rings. The molecule has 1 saturated carbocycles. The highest BCUT2D eigenvalue weighted by atomic mass is 32.2. The molecular weight excluding hydrogens is 260 g/mol. The fourth-order valence-corrected chi connectivity index (χ4v) is 5.34. The molecule has 0 amide bonds. The van der Waals surface area contributed by atoms with E-state index in [1.165, 1.54) is 19.3 Å². The first-order chi connectivity index (χ1) is 9.12. The quantitative estimate of drug-likeness (QED) is 0.839. The Kier molecular flexibility index (Phi) is 5.66. The Bertz CT molecular complexity index is 356. The molecule has 0 atom stereocenters. The summed E-state index contributed by atoms with van der Waals surface area (Å²) in [7, 11) is -1.04. The molecule has 0 aromatic heterocycles. The summed E-state index contributed by atoms with van der Waals surface area (Å²) in [6, 6.07) is 0. The molecule has 0 bridgehead atoms. The Morgan fingerprint density at radius 1 is 1.00 bits per heavy atom. The van der Waals surface area contributed by atoms with E-state index in [4.69, 9.17) is 0 Å². The number of hydrogen-bond acceptors (Lipinski definition) is 3. The van der Waals surface area contributed by atoms with Crippen LogP contribution in [0, 0.1) is 11.8 Å². The van der Waals surface area contributed by atoms with Gasteiger partial charge in [-0.05, 0) is 51.1 Å². The molecule has 1 saturated heterocycles. The Labute approximate surface area is 118 Å². The van der Waals surface area contributed by atoms with Crippen molar-refractivity contribution in [2.24, 2.45) is 11.8 Å². The van der Waals surface area contributed by atoms with Crippen molar-refractivity contribution in [2.75, 3.05) is 32.4 Å². The molecule has 19 heavy (non-hydrogen) atoms. The SMILES string of the molecule is CNCC1CCN(S(=O)(=O)CC2CCCCC2)CC1. The van der Waals surface area contributed by atoms with Gasteiger partial charge in [-0.25, -0.2) is 12.7 Å². The fraction of sp³-hybridized carbons (Fsp3) is 1.00. The van der Waals surface area contributed by atoms with Crippen LogP contribution in [0.3, 0.4) is 0 Å². The van der Waals surface area contributed by atoms with Gasteiger partial charge in [0.1, 0.15) is 0 Å². The smallest absolute Gasteiger partial charge is 0.214 e. The van der Waals surface area contributed by atoms with E-state index in [1.54, 1.807) is 4.31 Å². The molecule has 1 aliphatic carbocycles. The van der Waals surface area contributed by atoms with Crippen molar-refractivity contribution in [3.8, 4) is 0 Å². The lowest BCUT2D eigenvalue weighted by Gasteiger charge is -2.32. The largest absolute Gasteiger partial charge is 0.319 e. The second-order valence-corrected chi connectivity index (χ2v) is 8.20. The molecule has 2 fully saturated rings. The summed E-state index contributed by atoms with van der Waals surface area (Å²) in [5.41, 5.74) is 0. The topological polar surface area (TPSA) is 49.4 Å². The molecule has 2 rings (SSSR count). The fourth-order valence-electron chi connectivity index (χ4n) is 3.44. The number of nitrogens with one attached hydrogen (secondary N) is 1. The average Bonchev–Trinajstić information content (AvgIpc) is 2.40. The van der Waals surface area contributed by atoms with Gasteiger partial charge >= 0.3 is 0 Å². The lowest BCUT2D eigenvalue weighted by atomic mass is 9.91.